The number of nitrogens with one attached hydrogen (secondary N) is 4. The predicted molar refractivity (Wildman–Crippen MR) is 262 cm³/mol. The van der Waals surface area contributed by atoms with Crippen molar-refractivity contribution in [3.05, 3.63) is 29.6 Å². The Bertz CT molecular complexity index is 2300. The molecule has 1 aromatic carbocycles. The summed E-state index contributed by atoms with van der Waals surface area (Å²) in [7, 11) is -0.623. The Kier molecular flexibility index (Phi) is 18.3. The number of ether oxygens (including phenoxy) is 2. The number of hydrogen-bond donors (Lipinski definition) is 5. The number of rotatable bonds is 22. The molecule has 2 aromatic heterocycles. The van der Waals surface area contributed by atoms with Crippen LogP contribution in [0.4, 0.5) is 9.93 Å². The Labute approximate surface area is 400 Å². The van der Waals surface area contributed by atoms with Crippen molar-refractivity contribution >= 4 is 61.4 Å². The zero-order valence-electron chi connectivity index (χ0n) is 40.9. The zero-order valence-corrected chi connectivity index (χ0v) is 42.6. The van der Waals surface area contributed by atoms with Crippen molar-refractivity contribution in [3.63, 3.8) is 0 Å². The summed E-state index contributed by atoms with van der Waals surface area (Å²) in [6.45, 7) is 15.7. The van der Waals surface area contributed by atoms with Crippen LogP contribution < -0.4 is 30.7 Å². The fourth-order valence-corrected chi connectivity index (χ4v) is 10.5. The first kappa shape index (κ1) is 53.2. The smallest absolute Gasteiger partial charge is 0.329 e. The third kappa shape index (κ3) is 13.7. The van der Waals surface area contributed by atoms with Gasteiger partial charge in [-0.05, 0) is 57.6 Å². The van der Waals surface area contributed by atoms with E-state index in [0.717, 1.165) is 37.2 Å². The van der Waals surface area contributed by atoms with Gasteiger partial charge in [0, 0.05) is 68.1 Å². The lowest BCUT2D eigenvalue weighted by molar-refractivity contribution is -0.148. The zero-order chi connectivity index (χ0) is 49.3. The van der Waals surface area contributed by atoms with Crippen LogP contribution in [0.2, 0.25) is 0 Å². The van der Waals surface area contributed by atoms with E-state index in [0.29, 0.717) is 59.7 Å². The molecule has 2 aliphatic heterocycles. The molecule has 5 rings (SSSR count). The highest BCUT2D eigenvalue weighted by Crippen LogP contribution is 2.36. The molecule has 0 saturated carbocycles. The standard InChI is InChI=1S/C47H73N9O9S2/c1-11-13-14-15-16-17-19-34(50-44(61)52-40(46(5,6)7)28-55-23-18-22-54(9)67(55,62)63)42(58)56-27-32(25-38(56)41(57)53-47(8,12-2)43(59)60)65-39-26-36(37-29-66-45(51-37)48-30(3)4)49-35-24-31(64-10)20-21-33(35)39/h20-21,24,26,29-30,32,34,38,40H,11-19,22-23,25,27-28H2,1-10H3,(H,48,51)(H,53,57)(H,59,60)(H2,50,52,61)/t32-,34+,38+,40?,47+/m1/s1. The number of pyridine rings is 1. The summed E-state index contributed by atoms with van der Waals surface area (Å²) in [5.74, 6) is -1.38. The average Bonchev–Trinajstić information content (AvgIpc) is 3.92. The van der Waals surface area contributed by atoms with Crippen LogP contribution in [0.15, 0.2) is 29.6 Å². The number of urea groups is 1. The number of aromatic nitrogens is 2. The highest BCUT2D eigenvalue weighted by atomic mass is 32.2. The van der Waals surface area contributed by atoms with Crippen molar-refractivity contribution in [2.45, 2.75) is 155 Å². The monoisotopic (exact) mass is 971 g/mol. The summed E-state index contributed by atoms with van der Waals surface area (Å²) in [6, 6.07) is 3.85. The van der Waals surface area contributed by atoms with Crippen molar-refractivity contribution < 1.29 is 42.2 Å². The molecule has 0 spiro atoms. The second-order valence-electron chi connectivity index (χ2n) is 19.4. The summed E-state index contributed by atoms with van der Waals surface area (Å²) < 4.78 is 41.5. The fourth-order valence-electron chi connectivity index (χ4n) is 8.21. The van der Waals surface area contributed by atoms with Gasteiger partial charge in [-0.3, -0.25) is 9.59 Å². The number of nitrogens with zero attached hydrogens (tertiary/aromatic N) is 5. The molecule has 20 heteroatoms. The molecule has 0 aliphatic carbocycles. The lowest BCUT2D eigenvalue weighted by atomic mass is 9.86. The Morgan fingerprint density at radius 3 is 2.34 bits per heavy atom. The average molecular weight is 972 g/mol. The van der Waals surface area contributed by atoms with Crippen LogP contribution in [0.25, 0.3) is 22.3 Å². The molecule has 4 amide bonds. The second kappa shape index (κ2) is 23.0. The Morgan fingerprint density at radius 1 is 0.970 bits per heavy atom. The fraction of sp³-hybridized carbons (Fsp3) is 0.660. The minimum atomic E-state index is -3.73. The predicted octanol–water partition coefficient (Wildman–Crippen LogP) is 6.62. The number of unbranched alkanes of at least 4 members (excludes halogenated alkanes) is 5. The number of aliphatic carboxylic acids is 1. The second-order valence-corrected chi connectivity index (χ2v) is 22.3. The molecule has 2 fully saturated rings. The van der Waals surface area contributed by atoms with Gasteiger partial charge in [-0.2, -0.15) is 17.0 Å². The molecule has 5 N–H and O–H groups in total. The minimum absolute atomic E-state index is 0.0201. The van der Waals surface area contributed by atoms with Gasteiger partial charge in [0.25, 0.3) is 10.2 Å². The number of carbonyl (C=O) groups excluding carboxylic acids is 3. The summed E-state index contributed by atoms with van der Waals surface area (Å²) in [4.78, 5) is 67.0. The molecule has 1 unspecified atom stereocenters. The number of anilines is 1. The van der Waals surface area contributed by atoms with Crippen molar-refractivity contribution in [3.8, 4) is 22.9 Å². The first-order chi connectivity index (χ1) is 31.6. The lowest BCUT2D eigenvalue weighted by Gasteiger charge is -2.39. The third-order valence-corrected chi connectivity index (χ3v) is 15.4. The maximum Gasteiger partial charge on any atom is 0.329 e. The van der Waals surface area contributed by atoms with Gasteiger partial charge in [0.2, 0.25) is 11.8 Å². The molecule has 0 bridgehead atoms. The SMILES string of the molecule is CCCCCCCC[C@H](NC(=O)NC(CN1CCCN(C)S1(=O)=O)C(C)(C)C)C(=O)N1C[C@H](Oc2cc(-c3csc(NC(C)C)n3)nc3cc(OC)ccc23)C[C@H]1C(=O)N[C@@](C)(CC)C(=O)O. The molecule has 4 heterocycles. The van der Waals surface area contributed by atoms with E-state index < -0.39 is 69.2 Å². The Morgan fingerprint density at radius 2 is 1.69 bits per heavy atom. The lowest BCUT2D eigenvalue weighted by Crippen LogP contribution is -2.61. The molecule has 18 nitrogen and oxygen atoms in total. The molecule has 372 valence electrons. The number of likely N-dealkylation sites (tertiary alicyclic amines) is 1. The largest absolute Gasteiger partial charge is 0.497 e. The minimum Gasteiger partial charge on any atom is -0.497 e. The highest BCUT2D eigenvalue weighted by molar-refractivity contribution is 7.86. The maximum atomic E-state index is 15.1. The molecule has 2 saturated heterocycles. The molecule has 0 radical (unpaired) electrons. The molecule has 2 aliphatic rings. The van der Waals surface area contributed by atoms with E-state index in [-0.39, 0.29) is 38.4 Å². The molecular formula is C47H73N9O9S2. The van der Waals surface area contributed by atoms with Gasteiger partial charge in [0.15, 0.2) is 5.13 Å². The van der Waals surface area contributed by atoms with E-state index in [4.69, 9.17) is 19.4 Å². The summed E-state index contributed by atoms with van der Waals surface area (Å²) in [6.07, 6.45) is 5.84. The van der Waals surface area contributed by atoms with Crippen molar-refractivity contribution in [2.24, 2.45) is 5.41 Å². The summed E-state index contributed by atoms with van der Waals surface area (Å²) in [5, 5.41) is 25.4. The van der Waals surface area contributed by atoms with Crippen molar-refractivity contribution in [1.82, 2.24) is 39.4 Å². The van der Waals surface area contributed by atoms with Crippen LogP contribution in [0.5, 0.6) is 11.5 Å². The van der Waals surface area contributed by atoms with Crippen molar-refractivity contribution in [1.29, 1.82) is 0 Å². The number of hydrogen-bond acceptors (Lipinski definition) is 12. The van der Waals surface area contributed by atoms with E-state index in [9.17, 15) is 27.9 Å². The van der Waals surface area contributed by atoms with Gasteiger partial charge in [-0.25, -0.2) is 19.6 Å². The van der Waals surface area contributed by atoms with E-state index in [1.54, 1.807) is 32.2 Å². The number of carbonyl (C=O) groups is 4. The number of carboxylic acid groups (broad SMARTS) is 1. The van der Waals surface area contributed by atoms with Crippen LogP contribution >= 0.6 is 11.3 Å². The van der Waals surface area contributed by atoms with Gasteiger partial charge in [0.1, 0.15) is 40.9 Å². The number of methoxy groups -OCH3 is 1. The normalized spacial score (nSPS) is 19.7. The molecule has 3 aromatic rings. The van der Waals surface area contributed by atoms with Gasteiger partial charge in [-0.15, -0.1) is 11.3 Å². The number of thiazole rings is 1. The van der Waals surface area contributed by atoms with E-state index in [2.05, 4.69) is 28.2 Å². The van der Waals surface area contributed by atoms with Crippen LogP contribution in [0.1, 0.15) is 120 Å². The molecule has 5 atom stereocenters. The Balaban J connectivity index is 1.48. The first-order valence-corrected chi connectivity index (χ1v) is 25.9. The third-order valence-electron chi connectivity index (χ3n) is 12.7. The number of amides is 4. The van der Waals surface area contributed by atoms with E-state index >= 15 is 4.79 Å². The number of fused-ring (bicyclic) bond motifs is 1. The maximum absolute atomic E-state index is 15.1. The van der Waals surface area contributed by atoms with Crippen LogP contribution in [0, 0.1) is 5.41 Å². The van der Waals surface area contributed by atoms with Gasteiger partial charge in [-0.1, -0.05) is 73.1 Å². The van der Waals surface area contributed by atoms with Gasteiger partial charge in [0.05, 0.1) is 24.9 Å². The van der Waals surface area contributed by atoms with Gasteiger partial charge >= 0.3 is 12.0 Å². The van der Waals surface area contributed by atoms with E-state index in [1.807, 2.05) is 46.1 Å². The van der Waals surface area contributed by atoms with Crippen molar-refractivity contribution in [2.75, 3.05) is 45.7 Å². The molecular weight excluding hydrogens is 899 g/mol. The van der Waals surface area contributed by atoms with E-state index in [1.165, 1.54) is 38.8 Å². The van der Waals surface area contributed by atoms with Crippen LogP contribution in [-0.2, 0) is 24.6 Å². The van der Waals surface area contributed by atoms with Crippen LogP contribution in [0.3, 0.4) is 0 Å². The number of benzene rings is 1. The topological polar surface area (TPSA) is 225 Å². The summed E-state index contributed by atoms with van der Waals surface area (Å²) >= 11 is 1.45. The quantitative estimate of drug-likeness (QED) is 0.0670. The first-order valence-electron chi connectivity index (χ1n) is 23.6. The Hall–Kier alpha value is -4.79. The summed E-state index contributed by atoms with van der Waals surface area (Å²) in [5.41, 5.74) is -0.458. The highest BCUT2D eigenvalue weighted by Gasteiger charge is 2.46. The van der Waals surface area contributed by atoms with Crippen LogP contribution in [-0.4, -0.2) is 137 Å². The van der Waals surface area contributed by atoms with Gasteiger partial charge < -0.3 is 40.7 Å². The molecule has 67 heavy (non-hydrogen) atoms. The number of carboxylic acids is 1.